The maximum absolute atomic E-state index is 14.1. The van der Waals surface area contributed by atoms with Crippen molar-refractivity contribution >= 4 is 21.7 Å². The molecule has 0 unspecified atom stereocenters. The smallest absolute Gasteiger partial charge is 0.243 e. The highest BCUT2D eigenvalue weighted by molar-refractivity contribution is 7.92. The van der Waals surface area contributed by atoms with E-state index < -0.39 is 56.5 Å². The fraction of sp³-hybridized carbons (Fsp3) is 0.667. The second-order valence-electron chi connectivity index (χ2n) is 14.0. The van der Waals surface area contributed by atoms with Gasteiger partial charge in [0.1, 0.15) is 6.04 Å². The van der Waals surface area contributed by atoms with Crippen molar-refractivity contribution in [2.24, 2.45) is 22.9 Å². The zero-order chi connectivity index (χ0) is 33.3. The van der Waals surface area contributed by atoms with Crippen LogP contribution in [0.25, 0.3) is 10.4 Å². The van der Waals surface area contributed by atoms with E-state index in [9.17, 15) is 28.6 Å². The fourth-order valence-corrected chi connectivity index (χ4v) is 7.58. The normalized spacial score (nSPS) is 19.2. The summed E-state index contributed by atoms with van der Waals surface area (Å²) in [4.78, 5) is 38.0. The summed E-state index contributed by atoms with van der Waals surface area (Å²) in [7, 11) is -3.68. The Morgan fingerprint density at radius 3 is 2.35 bits per heavy atom. The van der Waals surface area contributed by atoms with Gasteiger partial charge in [-0.3, -0.25) is 9.59 Å². The number of azide groups is 1. The third-order valence-corrected chi connectivity index (χ3v) is 12.1. The Kier molecular flexibility index (Phi) is 12.3. The van der Waals surface area contributed by atoms with Crippen molar-refractivity contribution in [1.29, 1.82) is 0 Å². The molecule has 0 spiro atoms. The number of H-pyrrole nitrogens is 1. The van der Waals surface area contributed by atoms with Crippen LogP contribution >= 0.6 is 0 Å². The molecule has 2 aliphatic rings. The molecule has 0 bridgehead atoms. The first-order chi connectivity index (χ1) is 21.9. The van der Waals surface area contributed by atoms with E-state index in [1.54, 1.807) is 27.0 Å². The number of nitrogens with zero attached hydrogens (tertiary/aromatic N) is 4. The van der Waals surface area contributed by atoms with Crippen LogP contribution < -0.4 is 10.6 Å². The predicted molar refractivity (Wildman–Crippen MR) is 176 cm³/mol. The molecule has 4 rings (SSSR count). The van der Waals surface area contributed by atoms with Gasteiger partial charge >= 0.3 is 0 Å². The highest BCUT2D eigenvalue weighted by atomic mass is 32.2. The molecule has 12 nitrogen and oxygen atoms in total. The van der Waals surface area contributed by atoms with Crippen LogP contribution in [0.2, 0.25) is 0 Å². The van der Waals surface area contributed by atoms with E-state index in [1.807, 2.05) is 30.3 Å². The Bertz CT molecular complexity index is 1430. The maximum Gasteiger partial charge on any atom is 0.243 e. The summed E-state index contributed by atoms with van der Waals surface area (Å²) in [6.45, 7) is 4.83. The van der Waals surface area contributed by atoms with Crippen LogP contribution in [0.5, 0.6) is 0 Å². The lowest BCUT2D eigenvalue weighted by atomic mass is 9.82. The van der Waals surface area contributed by atoms with Gasteiger partial charge in [-0.1, -0.05) is 67.6 Å². The number of rotatable bonds is 16. The van der Waals surface area contributed by atoms with Crippen LogP contribution in [-0.4, -0.2) is 70.0 Å². The van der Waals surface area contributed by atoms with Crippen molar-refractivity contribution in [3.05, 3.63) is 64.6 Å². The SMILES string of the molecule is CC(C)(C)S(=O)(=O)C[C@@H](Cc1ccccc1)C(=O)N[C@@H](Cc1cnc[nH]1)C(=O)N[C@@H](CC1CCCCC1)[C@@H](O)[C@@H](N=[N+]=[N-])C1CC1. The molecule has 46 heavy (non-hydrogen) atoms. The number of carbonyl (C=O) groups excluding carboxylic acids is 2. The molecule has 2 saturated carbocycles. The molecule has 0 aliphatic heterocycles. The summed E-state index contributed by atoms with van der Waals surface area (Å²) in [5, 5.41) is 21.3. The topological polar surface area (TPSA) is 190 Å². The number of imidazole rings is 1. The Morgan fingerprint density at radius 1 is 1.07 bits per heavy atom. The lowest BCUT2D eigenvalue weighted by Crippen LogP contribution is -2.56. The van der Waals surface area contributed by atoms with Gasteiger partial charge in [0.05, 0.1) is 40.9 Å². The zero-order valence-electron chi connectivity index (χ0n) is 27.1. The number of aliphatic hydroxyl groups excluding tert-OH is 1. The van der Waals surface area contributed by atoms with Crippen molar-refractivity contribution in [2.45, 2.75) is 114 Å². The number of benzene rings is 1. The van der Waals surface area contributed by atoms with Crippen LogP contribution in [0.1, 0.15) is 83.4 Å². The number of aromatic amines is 1. The van der Waals surface area contributed by atoms with Crippen molar-refractivity contribution in [3.63, 3.8) is 0 Å². The average Bonchev–Trinajstić information content (AvgIpc) is 3.73. The van der Waals surface area contributed by atoms with Gasteiger partial charge in [-0.05, 0) is 69.4 Å². The summed E-state index contributed by atoms with van der Waals surface area (Å²) >= 11 is 0. The summed E-state index contributed by atoms with van der Waals surface area (Å²) < 4.78 is 25.5. The molecule has 2 aromatic rings. The van der Waals surface area contributed by atoms with E-state index in [1.165, 1.54) is 6.33 Å². The third kappa shape index (κ3) is 10.0. The van der Waals surface area contributed by atoms with Gasteiger partial charge in [-0.2, -0.15) is 0 Å². The molecule has 252 valence electrons. The summed E-state index contributed by atoms with van der Waals surface area (Å²) in [6.07, 6.45) is 9.77. The number of carbonyl (C=O) groups is 2. The Morgan fingerprint density at radius 2 is 1.76 bits per heavy atom. The molecule has 0 radical (unpaired) electrons. The first-order valence-electron chi connectivity index (χ1n) is 16.4. The van der Waals surface area contributed by atoms with E-state index in [-0.39, 0.29) is 24.5 Å². The molecular weight excluding hydrogens is 606 g/mol. The van der Waals surface area contributed by atoms with E-state index in [0.29, 0.717) is 18.0 Å². The zero-order valence-corrected chi connectivity index (χ0v) is 28.0. The maximum atomic E-state index is 14.1. The molecule has 0 saturated heterocycles. The van der Waals surface area contributed by atoms with Crippen molar-refractivity contribution in [1.82, 2.24) is 20.6 Å². The van der Waals surface area contributed by atoms with Crippen LogP contribution in [0.3, 0.4) is 0 Å². The minimum absolute atomic E-state index is 0.0701. The summed E-state index contributed by atoms with van der Waals surface area (Å²) in [5.41, 5.74) is 10.6. The number of nitrogens with one attached hydrogen (secondary N) is 3. The van der Waals surface area contributed by atoms with Crippen molar-refractivity contribution in [2.75, 3.05) is 5.75 Å². The predicted octanol–water partition coefficient (Wildman–Crippen LogP) is 4.41. The first-order valence-corrected chi connectivity index (χ1v) is 18.1. The minimum Gasteiger partial charge on any atom is -0.391 e. The fourth-order valence-electron chi connectivity index (χ4n) is 6.28. The highest BCUT2D eigenvalue weighted by Crippen LogP contribution is 2.38. The van der Waals surface area contributed by atoms with Crippen molar-refractivity contribution < 1.29 is 23.1 Å². The van der Waals surface area contributed by atoms with Crippen LogP contribution in [0, 0.1) is 17.8 Å². The van der Waals surface area contributed by atoms with Crippen LogP contribution in [0.15, 0.2) is 48.0 Å². The second kappa shape index (κ2) is 15.9. The number of amides is 2. The monoisotopic (exact) mass is 655 g/mol. The van der Waals surface area contributed by atoms with Gasteiger partial charge in [-0.15, -0.1) is 0 Å². The Balaban J connectivity index is 1.59. The van der Waals surface area contributed by atoms with E-state index in [4.69, 9.17) is 0 Å². The second-order valence-corrected chi connectivity index (χ2v) is 16.8. The highest BCUT2D eigenvalue weighted by Gasteiger charge is 2.41. The standard InChI is InChI=1S/C33H49N7O5S/c1-33(2,3)46(44,45)20-25(16-22-10-6-4-7-11-22)31(42)38-28(18-26-19-35-21-36-26)32(43)37-27(17-23-12-8-5-9-13-23)30(41)29(39-40-34)24-14-15-24/h4,6-7,10-11,19,21,23-25,27-30,41H,5,8-9,12-18,20H2,1-3H3,(H,35,36)(H,37,43)(H,38,42)/t25-,27+,28+,29+,30-/m1/s1. The minimum atomic E-state index is -3.68. The molecule has 4 N–H and O–H groups in total. The van der Waals surface area contributed by atoms with E-state index in [0.717, 1.165) is 50.5 Å². The largest absolute Gasteiger partial charge is 0.391 e. The summed E-state index contributed by atoms with van der Waals surface area (Å²) in [6, 6.07) is 6.78. The first kappa shape index (κ1) is 35.4. The van der Waals surface area contributed by atoms with E-state index in [2.05, 4.69) is 30.6 Å². The van der Waals surface area contributed by atoms with Gasteiger partial charge in [0.2, 0.25) is 11.8 Å². The quantitative estimate of drug-likeness (QED) is 0.118. The molecule has 1 aromatic carbocycles. The molecule has 5 atom stereocenters. The molecule has 2 fully saturated rings. The Hall–Kier alpha value is -3.41. The van der Waals surface area contributed by atoms with Crippen LogP contribution in [0.4, 0.5) is 0 Å². The molecule has 2 amide bonds. The third-order valence-electron chi connectivity index (χ3n) is 9.35. The van der Waals surface area contributed by atoms with Gasteiger partial charge in [0.25, 0.3) is 0 Å². The molecule has 2 aliphatic carbocycles. The average molecular weight is 656 g/mol. The van der Waals surface area contributed by atoms with Gasteiger partial charge in [-0.25, -0.2) is 13.4 Å². The van der Waals surface area contributed by atoms with Gasteiger partial charge in [0.15, 0.2) is 9.84 Å². The number of hydrogen-bond donors (Lipinski definition) is 4. The number of sulfone groups is 1. The van der Waals surface area contributed by atoms with Gasteiger partial charge in [0, 0.05) is 23.2 Å². The Labute approximate surface area is 272 Å². The molecule has 1 heterocycles. The number of aliphatic hydroxyl groups is 1. The van der Waals surface area contributed by atoms with Crippen LogP contribution in [-0.2, 0) is 32.3 Å². The number of aromatic nitrogens is 2. The summed E-state index contributed by atoms with van der Waals surface area (Å²) in [5.74, 6) is -2.01. The van der Waals surface area contributed by atoms with Gasteiger partial charge < -0.3 is 20.7 Å². The number of hydrogen-bond acceptors (Lipinski definition) is 7. The van der Waals surface area contributed by atoms with E-state index >= 15 is 0 Å². The van der Waals surface area contributed by atoms with Crippen molar-refractivity contribution in [3.8, 4) is 0 Å². The molecule has 13 heteroatoms. The lowest BCUT2D eigenvalue weighted by Gasteiger charge is -2.34. The molecule has 1 aromatic heterocycles. The molecular formula is C33H49N7O5S. The lowest BCUT2D eigenvalue weighted by molar-refractivity contribution is -0.131.